The molecule has 0 aliphatic rings. The lowest BCUT2D eigenvalue weighted by Crippen LogP contribution is -2.25. The topological polar surface area (TPSA) is 71.3 Å². The van der Waals surface area contributed by atoms with Gasteiger partial charge in [-0.05, 0) is 40.4 Å². The summed E-state index contributed by atoms with van der Waals surface area (Å²) in [7, 11) is 0. The molecule has 2 N–H and O–H groups in total. The Bertz CT molecular complexity index is 1140. The number of carboxylic acids is 1. The van der Waals surface area contributed by atoms with E-state index in [1.54, 1.807) is 22.1 Å². The Hall–Kier alpha value is -3.38. The van der Waals surface area contributed by atoms with Crippen LogP contribution < -0.4 is 5.43 Å². The molecule has 0 unspecified atom stereocenters. The normalized spacial score (nSPS) is 10.9. The van der Waals surface area contributed by atoms with Crippen LogP contribution in [-0.2, 0) is 11.2 Å². The average molecular weight is 390 g/mol. The summed E-state index contributed by atoms with van der Waals surface area (Å²) in [5.41, 5.74) is 5.13. The van der Waals surface area contributed by atoms with Gasteiger partial charge in [0.1, 0.15) is 0 Å². The van der Waals surface area contributed by atoms with Crippen LogP contribution in [-0.4, -0.2) is 21.7 Å². The molecule has 28 heavy (non-hydrogen) atoms. The van der Waals surface area contributed by atoms with Crippen LogP contribution in [0.25, 0.3) is 21.3 Å². The standard InChI is InChI=1S/C22H18N2O3S/c25-21(26)13-11-16-10-12-19(20-9-4-14-28-20)24(16)23-22(27)18-8-3-6-15-5-1-2-7-17(15)18/h1-10,12,14H,11,13H2,(H,23,27)(H,25,26). The van der Waals surface area contributed by atoms with Crippen molar-refractivity contribution < 1.29 is 14.7 Å². The summed E-state index contributed by atoms with van der Waals surface area (Å²) in [6.45, 7) is 0. The van der Waals surface area contributed by atoms with Crippen molar-refractivity contribution in [3.05, 3.63) is 83.4 Å². The number of carbonyl (C=O) groups excluding carboxylic acids is 1. The van der Waals surface area contributed by atoms with Crippen LogP contribution in [0.2, 0.25) is 0 Å². The number of carbonyl (C=O) groups is 2. The van der Waals surface area contributed by atoms with Crippen LogP contribution >= 0.6 is 11.3 Å². The van der Waals surface area contributed by atoms with Crippen LogP contribution in [0.5, 0.6) is 0 Å². The van der Waals surface area contributed by atoms with Gasteiger partial charge in [0.05, 0.1) is 17.0 Å². The molecule has 0 aliphatic heterocycles. The van der Waals surface area contributed by atoms with E-state index < -0.39 is 5.97 Å². The van der Waals surface area contributed by atoms with Gasteiger partial charge < -0.3 is 5.11 Å². The predicted molar refractivity (Wildman–Crippen MR) is 111 cm³/mol. The molecule has 1 amide bonds. The Morgan fingerprint density at radius 3 is 2.57 bits per heavy atom. The lowest BCUT2D eigenvalue weighted by atomic mass is 10.0. The second-order valence-corrected chi connectivity index (χ2v) is 7.33. The van der Waals surface area contributed by atoms with Crippen molar-refractivity contribution in [2.45, 2.75) is 12.8 Å². The third kappa shape index (κ3) is 3.54. The highest BCUT2D eigenvalue weighted by atomic mass is 32.1. The average Bonchev–Trinajstić information content (AvgIpc) is 3.35. The number of carboxylic acid groups (broad SMARTS) is 1. The van der Waals surface area contributed by atoms with Crippen LogP contribution in [0.15, 0.2) is 72.1 Å². The summed E-state index contributed by atoms with van der Waals surface area (Å²) in [6.07, 6.45) is 0.328. The minimum absolute atomic E-state index is 0.00195. The number of benzene rings is 2. The van der Waals surface area contributed by atoms with Gasteiger partial charge in [0.25, 0.3) is 5.91 Å². The number of amides is 1. The number of nitrogens with zero attached hydrogens (tertiary/aromatic N) is 1. The molecule has 0 radical (unpaired) electrons. The first-order chi connectivity index (χ1) is 13.6. The molecule has 0 fully saturated rings. The quantitative estimate of drug-likeness (QED) is 0.498. The Morgan fingerprint density at radius 1 is 0.964 bits per heavy atom. The maximum atomic E-state index is 13.1. The highest BCUT2D eigenvalue weighted by molar-refractivity contribution is 7.13. The minimum atomic E-state index is -0.870. The lowest BCUT2D eigenvalue weighted by molar-refractivity contribution is -0.136. The van der Waals surface area contributed by atoms with E-state index in [0.717, 1.165) is 27.0 Å². The second kappa shape index (κ2) is 7.70. The van der Waals surface area contributed by atoms with Crippen molar-refractivity contribution >= 4 is 34.0 Å². The first-order valence-corrected chi connectivity index (χ1v) is 9.77. The fraction of sp³-hybridized carbons (Fsp3) is 0.0909. The fourth-order valence-electron chi connectivity index (χ4n) is 3.24. The molecule has 2 aromatic heterocycles. The molecule has 2 heterocycles. The van der Waals surface area contributed by atoms with Crippen molar-refractivity contribution in [2.75, 3.05) is 5.43 Å². The van der Waals surface area contributed by atoms with Crippen molar-refractivity contribution in [3.63, 3.8) is 0 Å². The van der Waals surface area contributed by atoms with Gasteiger partial charge in [0.2, 0.25) is 0 Å². The maximum absolute atomic E-state index is 13.1. The van der Waals surface area contributed by atoms with E-state index in [1.165, 1.54) is 0 Å². The number of nitrogens with one attached hydrogen (secondary N) is 1. The molecule has 5 nitrogen and oxygen atoms in total. The molecule has 140 valence electrons. The van der Waals surface area contributed by atoms with Gasteiger partial charge >= 0.3 is 5.97 Å². The zero-order valence-corrected chi connectivity index (χ0v) is 15.8. The Labute approximate surface area is 165 Å². The number of hydrogen-bond acceptors (Lipinski definition) is 3. The summed E-state index contributed by atoms with van der Waals surface area (Å²) >= 11 is 1.56. The predicted octanol–water partition coefficient (Wildman–Crippen LogP) is 4.77. The van der Waals surface area contributed by atoms with E-state index in [-0.39, 0.29) is 12.3 Å². The van der Waals surface area contributed by atoms with E-state index in [2.05, 4.69) is 5.43 Å². The summed E-state index contributed by atoms with van der Waals surface area (Å²) in [6, 6.07) is 21.1. The molecule has 0 atom stereocenters. The van der Waals surface area contributed by atoms with Gasteiger partial charge in [0.15, 0.2) is 0 Å². The summed E-state index contributed by atoms with van der Waals surface area (Å²) in [5.74, 6) is -1.10. The smallest absolute Gasteiger partial charge is 0.303 e. The number of aryl methyl sites for hydroxylation is 1. The van der Waals surface area contributed by atoms with Gasteiger partial charge in [-0.15, -0.1) is 11.3 Å². The van der Waals surface area contributed by atoms with E-state index in [1.807, 2.05) is 66.0 Å². The number of thiophene rings is 1. The van der Waals surface area contributed by atoms with E-state index in [4.69, 9.17) is 5.11 Å². The first kappa shape index (κ1) is 18.0. The van der Waals surface area contributed by atoms with Gasteiger partial charge in [-0.3, -0.25) is 19.7 Å². The minimum Gasteiger partial charge on any atom is -0.481 e. The van der Waals surface area contributed by atoms with Crippen molar-refractivity contribution in [1.29, 1.82) is 0 Å². The number of rotatable bonds is 6. The van der Waals surface area contributed by atoms with E-state index in [9.17, 15) is 9.59 Å². The highest BCUT2D eigenvalue weighted by Crippen LogP contribution is 2.27. The maximum Gasteiger partial charge on any atom is 0.303 e. The van der Waals surface area contributed by atoms with Crippen molar-refractivity contribution in [3.8, 4) is 10.6 Å². The van der Waals surface area contributed by atoms with Gasteiger partial charge in [-0.1, -0.05) is 42.5 Å². The zero-order chi connectivity index (χ0) is 19.5. The molecule has 4 aromatic rings. The second-order valence-electron chi connectivity index (χ2n) is 6.38. The van der Waals surface area contributed by atoms with Crippen LogP contribution in [0.3, 0.4) is 0 Å². The van der Waals surface area contributed by atoms with Gasteiger partial charge in [0, 0.05) is 17.7 Å². The zero-order valence-electron chi connectivity index (χ0n) is 15.0. The van der Waals surface area contributed by atoms with Crippen LogP contribution in [0.4, 0.5) is 0 Å². The van der Waals surface area contributed by atoms with Crippen molar-refractivity contribution in [1.82, 2.24) is 4.68 Å². The lowest BCUT2D eigenvalue weighted by Gasteiger charge is -2.15. The molecule has 4 rings (SSSR count). The SMILES string of the molecule is O=C(O)CCc1ccc(-c2cccs2)n1NC(=O)c1cccc2ccccc12. The third-order valence-electron chi connectivity index (χ3n) is 4.58. The first-order valence-electron chi connectivity index (χ1n) is 8.89. The summed E-state index contributed by atoms with van der Waals surface area (Å²) < 4.78 is 1.71. The molecule has 0 bridgehead atoms. The van der Waals surface area contributed by atoms with Crippen LogP contribution in [0, 0.1) is 0 Å². The molecule has 0 aliphatic carbocycles. The largest absolute Gasteiger partial charge is 0.481 e. The molecular weight excluding hydrogens is 372 g/mol. The fourth-order valence-corrected chi connectivity index (χ4v) is 3.98. The Balaban J connectivity index is 1.72. The van der Waals surface area contributed by atoms with E-state index in [0.29, 0.717) is 12.0 Å². The number of aromatic nitrogens is 1. The molecule has 2 aromatic carbocycles. The molecule has 0 saturated carbocycles. The third-order valence-corrected chi connectivity index (χ3v) is 5.47. The van der Waals surface area contributed by atoms with Crippen molar-refractivity contribution in [2.24, 2.45) is 0 Å². The monoisotopic (exact) mass is 390 g/mol. The summed E-state index contributed by atoms with van der Waals surface area (Å²) in [5, 5.41) is 12.9. The van der Waals surface area contributed by atoms with Crippen LogP contribution in [0.1, 0.15) is 22.5 Å². The molecule has 6 heteroatoms. The molecular formula is C22H18N2O3S. The highest BCUT2D eigenvalue weighted by Gasteiger charge is 2.16. The number of hydrogen-bond donors (Lipinski definition) is 2. The number of fused-ring (bicyclic) bond motifs is 1. The van der Waals surface area contributed by atoms with Gasteiger partial charge in [-0.25, -0.2) is 0 Å². The summed E-state index contributed by atoms with van der Waals surface area (Å²) in [4.78, 5) is 25.1. The Morgan fingerprint density at radius 2 is 1.79 bits per heavy atom. The van der Waals surface area contributed by atoms with Gasteiger partial charge in [-0.2, -0.15) is 0 Å². The number of aliphatic carboxylic acids is 1. The Kier molecular flexibility index (Phi) is 4.95. The molecule has 0 saturated heterocycles. The van der Waals surface area contributed by atoms with E-state index >= 15 is 0 Å². The molecule has 0 spiro atoms.